The summed E-state index contributed by atoms with van der Waals surface area (Å²) in [6.45, 7) is 3.99. The van der Waals surface area contributed by atoms with Crippen LogP contribution in [0, 0.1) is 13.8 Å². The summed E-state index contributed by atoms with van der Waals surface area (Å²) >= 11 is 0. The van der Waals surface area contributed by atoms with Crippen LogP contribution in [0.4, 0.5) is 5.69 Å². The van der Waals surface area contributed by atoms with Crippen LogP contribution >= 0.6 is 0 Å². The maximum absolute atomic E-state index is 12.2. The van der Waals surface area contributed by atoms with Gasteiger partial charge in [-0.2, -0.15) is 0 Å². The van der Waals surface area contributed by atoms with Crippen molar-refractivity contribution in [2.45, 2.75) is 13.8 Å². The maximum atomic E-state index is 12.2. The number of methoxy groups -OCH3 is 1. The second-order valence-corrected chi connectivity index (χ2v) is 5.24. The molecule has 0 bridgehead atoms. The lowest BCUT2D eigenvalue weighted by atomic mass is 10.2. The van der Waals surface area contributed by atoms with Gasteiger partial charge in [0.05, 0.1) is 24.7 Å². The maximum Gasteiger partial charge on any atom is 0.316 e. The number of aryl methyl sites for hydroxylation is 1. The van der Waals surface area contributed by atoms with Gasteiger partial charge in [0.2, 0.25) is 0 Å². The molecule has 0 atom stereocenters. The van der Waals surface area contributed by atoms with Crippen molar-refractivity contribution < 1.29 is 9.53 Å². The Morgan fingerprint density at radius 1 is 1.08 bits per heavy atom. The van der Waals surface area contributed by atoms with Gasteiger partial charge in [-0.15, -0.1) is 0 Å². The minimum absolute atomic E-state index is 0.224. The van der Waals surface area contributed by atoms with Crippen LogP contribution in [0.1, 0.15) is 21.7 Å². The minimum Gasteiger partial charge on any atom is -0.467 e. The Bertz CT molecular complexity index is 854. The summed E-state index contributed by atoms with van der Waals surface area (Å²) in [5.74, 6) is -0.278. The highest BCUT2D eigenvalue weighted by atomic mass is 16.5. The van der Waals surface area contributed by atoms with Crippen LogP contribution in [0.15, 0.2) is 43.0 Å². The first-order valence-electron chi connectivity index (χ1n) is 7.37. The Morgan fingerprint density at radius 2 is 1.75 bits per heavy atom. The molecular weight excluding hydrogens is 306 g/mol. The van der Waals surface area contributed by atoms with E-state index in [1.165, 1.54) is 19.5 Å². The molecule has 0 radical (unpaired) electrons. The molecule has 122 valence electrons. The van der Waals surface area contributed by atoms with E-state index in [4.69, 9.17) is 4.74 Å². The van der Waals surface area contributed by atoms with Crippen molar-refractivity contribution in [2.75, 3.05) is 12.4 Å². The van der Waals surface area contributed by atoms with Gasteiger partial charge in [-0.25, -0.2) is 15.0 Å². The van der Waals surface area contributed by atoms with Gasteiger partial charge >= 0.3 is 6.01 Å². The predicted octanol–water partition coefficient (Wildman–Crippen LogP) is 2.54. The fourth-order valence-corrected chi connectivity index (χ4v) is 2.21. The lowest BCUT2D eigenvalue weighted by molar-refractivity contribution is 0.102. The summed E-state index contributed by atoms with van der Waals surface area (Å²) in [5, 5.41) is 2.81. The van der Waals surface area contributed by atoms with Gasteiger partial charge in [-0.05, 0) is 38.1 Å². The monoisotopic (exact) mass is 323 g/mol. The molecule has 3 rings (SSSR count). The van der Waals surface area contributed by atoms with E-state index in [1.54, 1.807) is 6.33 Å². The van der Waals surface area contributed by atoms with Gasteiger partial charge in [0, 0.05) is 29.5 Å². The molecule has 0 spiro atoms. The van der Waals surface area contributed by atoms with Crippen LogP contribution < -0.4 is 10.1 Å². The fourth-order valence-electron chi connectivity index (χ4n) is 2.21. The predicted molar refractivity (Wildman–Crippen MR) is 89.6 cm³/mol. The Hall–Kier alpha value is -3.22. The van der Waals surface area contributed by atoms with Crippen molar-refractivity contribution >= 4 is 11.6 Å². The molecule has 0 unspecified atom stereocenters. The molecule has 1 amide bonds. The molecule has 1 aromatic carbocycles. The fraction of sp³-hybridized carbons (Fsp3) is 0.176. The van der Waals surface area contributed by atoms with Crippen molar-refractivity contribution in [3.63, 3.8) is 0 Å². The Morgan fingerprint density at radius 3 is 2.29 bits per heavy atom. The standard InChI is InChI=1S/C17H17N5O2/c1-11-12(2)22(10-20-11)15-6-4-14(5-7-15)21-16(23)13-8-18-17(24-3)19-9-13/h4-10H,1-3H3,(H,21,23). The third-order valence-electron chi connectivity index (χ3n) is 3.73. The van der Waals surface area contributed by atoms with Gasteiger partial charge < -0.3 is 14.6 Å². The van der Waals surface area contributed by atoms with Gasteiger partial charge in [0.1, 0.15) is 0 Å². The smallest absolute Gasteiger partial charge is 0.316 e. The zero-order valence-corrected chi connectivity index (χ0v) is 13.6. The lowest BCUT2D eigenvalue weighted by Gasteiger charge is -2.08. The second-order valence-electron chi connectivity index (χ2n) is 5.24. The molecule has 7 nitrogen and oxygen atoms in total. The van der Waals surface area contributed by atoms with E-state index < -0.39 is 0 Å². The van der Waals surface area contributed by atoms with E-state index in [1.807, 2.05) is 42.7 Å². The highest BCUT2D eigenvalue weighted by molar-refractivity contribution is 6.03. The number of aromatic nitrogens is 4. The summed E-state index contributed by atoms with van der Waals surface area (Å²) in [6, 6.07) is 7.75. The van der Waals surface area contributed by atoms with E-state index in [0.717, 1.165) is 17.1 Å². The topological polar surface area (TPSA) is 81.9 Å². The largest absolute Gasteiger partial charge is 0.467 e. The van der Waals surface area contributed by atoms with Crippen LogP contribution in [0.25, 0.3) is 5.69 Å². The zero-order valence-electron chi connectivity index (χ0n) is 13.6. The third-order valence-corrected chi connectivity index (χ3v) is 3.73. The summed E-state index contributed by atoms with van der Waals surface area (Å²) < 4.78 is 6.87. The molecule has 0 aliphatic rings. The Balaban J connectivity index is 1.73. The van der Waals surface area contributed by atoms with Crippen molar-refractivity contribution in [3.05, 3.63) is 59.9 Å². The molecule has 3 aromatic rings. The normalized spacial score (nSPS) is 10.5. The zero-order chi connectivity index (χ0) is 17.1. The van der Waals surface area contributed by atoms with Crippen molar-refractivity contribution in [2.24, 2.45) is 0 Å². The number of hydrogen-bond donors (Lipinski definition) is 1. The van der Waals surface area contributed by atoms with Gasteiger partial charge in [-0.3, -0.25) is 4.79 Å². The molecule has 24 heavy (non-hydrogen) atoms. The number of hydrogen-bond acceptors (Lipinski definition) is 5. The first kappa shape index (κ1) is 15.7. The highest BCUT2D eigenvalue weighted by Gasteiger charge is 2.09. The van der Waals surface area contributed by atoms with Gasteiger partial charge in [0.25, 0.3) is 5.91 Å². The van der Waals surface area contributed by atoms with E-state index in [-0.39, 0.29) is 11.9 Å². The van der Waals surface area contributed by atoms with Crippen LogP contribution in [0.5, 0.6) is 6.01 Å². The van der Waals surface area contributed by atoms with Gasteiger partial charge in [0.15, 0.2) is 0 Å². The number of benzene rings is 1. The number of nitrogens with zero attached hydrogens (tertiary/aromatic N) is 4. The summed E-state index contributed by atoms with van der Waals surface area (Å²) in [7, 11) is 1.47. The molecule has 0 saturated carbocycles. The molecule has 2 aromatic heterocycles. The average molecular weight is 323 g/mol. The van der Waals surface area contributed by atoms with Crippen LogP contribution in [0.2, 0.25) is 0 Å². The van der Waals surface area contributed by atoms with Crippen molar-refractivity contribution in [1.29, 1.82) is 0 Å². The molecule has 0 aliphatic heterocycles. The number of nitrogens with one attached hydrogen (secondary N) is 1. The first-order chi connectivity index (χ1) is 11.6. The molecule has 0 aliphatic carbocycles. The molecule has 7 heteroatoms. The van der Waals surface area contributed by atoms with E-state index in [9.17, 15) is 4.79 Å². The number of amides is 1. The number of carbonyl (C=O) groups is 1. The van der Waals surface area contributed by atoms with E-state index >= 15 is 0 Å². The summed E-state index contributed by atoms with van der Waals surface area (Å²) in [5.41, 5.74) is 4.11. The van der Waals surface area contributed by atoms with Crippen molar-refractivity contribution in [1.82, 2.24) is 19.5 Å². The molecule has 0 fully saturated rings. The molecular formula is C17H17N5O2. The SMILES string of the molecule is COc1ncc(C(=O)Nc2ccc(-n3cnc(C)c3C)cc2)cn1. The third kappa shape index (κ3) is 3.10. The Labute approximate surface area is 139 Å². The number of imidazole rings is 1. The molecule has 1 N–H and O–H groups in total. The number of rotatable bonds is 4. The molecule has 2 heterocycles. The van der Waals surface area contributed by atoms with E-state index in [2.05, 4.69) is 20.3 Å². The first-order valence-corrected chi connectivity index (χ1v) is 7.37. The average Bonchev–Trinajstić information content (AvgIpc) is 2.95. The van der Waals surface area contributed by atoms with Crippen LogP contribution in [-0.2, 0) is 0 Å². The number of carbonyl (C=O) groups excluding carboxylic acids is 1. The summed E-state index contributed by atoms with van der Waals surface area (Å²) in [6.07, 6.45) is 4.63. The summed E-state index contributed by atoms with van der Waals surface area (Å²) in [4.78, 5) is 24.3. The number of anilines is 1. The minimum atomic E-state index is -0.278. The van der Waals surface area contributed by atoms with E-state index in [0.29, 0.717) is 11.3 Å². The number of ether oxygens (including phenoxy) is 1. The van der Waals surface area contributed by atoms with Crippen LogP contribution in [-0.4, -0.2) is 32.5 Å². The van der Waals surface area contributed by atoms with Crippen molar-refractivity contribution in [3.8, 4) is 11.7 Å². The van der Waals surface area contributed by atoms with Gasteiger partial charge in [-0.1, -0.05) is 0 Å². The quantitative estimate of drug-likeness (QED) is 0.798. The molecule has 0 saturated heterocycles. The van der Waals surface area contributed by atoms with Crippen LogP contribution in [0.3, 0.4) is 0 Å². The highest BCUT2D eigenvalue weighted by Crippen LogP contribution is 2.17. The lowest BCUT2D eigenvalue weighted by Crippen LogP contribution is -2.12. The Kier molecular flexibility index (Phi) is 4.24. The second kappa shape index (κ2) is 6.49.